The normalized spacial score (nSPS) is 25.8. The fraction of sp³-hybridized carbons (Fsp3) is 0.909. The average Bonchev–Trinajstić information content (AvgIpc) is 2.27. The molecule has 1 aliphatic rings. The van der Waals surface area contributed by atoms with Crippen molar-refractivity contribution in [3.05, 3.63) is 0 Å². The monoisotopic (exact) mass is 340 g/mol. The summed E-state index contributed by atoms with van der Waals surface area (Å²) >= 11 is 2.34. The van der Waals surface area contributed by atoms with Crippen LogP contribution in [0, 0.1) is 5.92 Å². The van der Waals surface area contributed by atoms with Gasteiger partial charge in [-0.05, 0) is 38.6 Å². The van der Waals surface area contributed by atoms with E-state index in [0.717, 1.165) is 5.92 Å². The molecule has 0 bridgehead atoms. The maximum Gasteiger partial charge on any atom is 0.319 e. The molecule has 0 unspecified atom stereocenters. The Morgan fingerprint density at radius 2 is 2.06 bits per heavy atom. The maximum absolute atomic E-state index is 11.0. The van der Waals surface area contributed by atoms with Gasteiger partial charge in [-0.3, -0.25) is 7.91 Å². The van der Waals surface area contributed by atoms with E-state index >= 15 is 0 Å². The number of carbonyl (C=O) groups excluding carboxylic acids is 1. The summed E-state index contributed by atoms with van der Waals surface area (Å²) in [6.07, 6.45) is 4.86. The van der Waals surface area contributed by atoms with Gasteiger partial charge in [-0.2, -0.15) is 0 Å². The molecule has 0 atom stereocenters. The summed E-state index contributed by atoms with van der Waals surface area (Å²) in [6.45, 7) is 1.52. The molecule has 0 heterocycles. The summed E-state index contributed by atoms with van der Waals surface area (Å²) in [7, 11) is 3.54. The predicted molar refractivity (Wildman–Crippen MR) is 72.4 cm³/mol. The lowest BCUT2D eigenvalue weighted by atomic mass is 9.86. The second-order valence-corrected chi connectivity index (χ2v) is 6.11. The minimum absolute atomic E-state index is 0.172. The Kier molecular flexibility index (Phi) is 6.60. The van der Waals surface area contributed by atoms with E-state index in [1.165, 1.54) is 39.3 Å². The highest BCUT2D eigenvalue weighted by Gasteiger charge is 2.21. The van der Waals surface area contributed by atoms with E-state index in [9.17, 15) is 4.79 Å². The van der Waals surface area contributed by atoms with Gasteiger partial charge in [-0.25, -0.2) is 0 Å². The van der Waals surface area contributed by atoms with Crippen molar-refractivity contribution in [3.8, 4) is 0 Å². The van der Waals surface area contributed by atoms with Gasteiger partial charge in [0.2, 0.25) is 0 Å². The number of carbonyl (C=O) groups is 1. The number of methoxy groups -OCH3 is 1. The van der Waals surface area contributed by atoms with Crippen molar-refractivity contribution in [1.82, 2.24) is 8.43 Å². The molecule has 5 heteroatoms. The van der Waals surface area contributed by atoms with Crippen LogP contribution in [-0.2, 0) is 9.53 Å². The molecule has 0 aromatic carbocycles. The van der Waals surface area contributed by atoms with Crippen molar-refractivity contribution in [1.29, 1.82) is 0 Å². The topological polar surface area (TPSA) is 41.6 Å². The third-order valence-electron chi connectivity index (χ3n) is 3.12. The zero-order chi connectivity index (χ0) is 12.0. The summed E-state index contributed by atoms with van der Waals surface area (Å²) in [5.41, 5.74) is 0. The number of nitrogens with zero attached hydrogens (tertiary/aromatic N) is 1. The van der Waals surface area contributed by atoms with Crippen LogP contribution in [0.25, 0.3) is 0 Å². The number of esters is 1. The molecule has 0 aromatic heterocycles. The quantitative estimate of drug-likeness (QED) is 0.469. The number of nitrogens with one attached hydrogen (secondary N) is 1. The van der Waals surface area contributed by atoms with E-state index in [1.54, 1.807) is 0 Å². The van der Waals surface area contributed by atoms with Crippen molar-refractivity contribution in [3.63, 3.8) is 0 Å². The number of ether oxygens (including phenoxy) is 1. The first kappa shape index (κ1) is 14.2. The molecular weight excluding hydrogens is 319 g/mol. The van der Waals surface area contributed by atoms with E-state index in [0.29, 0.717) is 12.6 Å². The van der Waals surface area contributed by atoms with Gasteiger partial charge >= 0.3 is 5.97 Å². The van der Waals surface area contributed by atoms with Crippen LogP contribution in [-0.4, -0.2) is 42.4 Å². The molecule has 1 fully saturated rings. The van der Waals surface area contributed by atoms with E-state index in [4.69, 9.17) is 0 Å². The highest BCUT2D eigenvalue weighted by molar-refractivity contribution is 14.1. The smallest absolute Gasteiger partial charge is 0.319 e. The molecule has 16 heavy (non-hydrogen) atoms. The molecular formula is C11H21IN2O2. The van der Waals surface area contributed by atoms with Crippen LogP contribution in [0.4, 0.5) is 0 Å². The standard InChI is InChI=1S/C11H21IN2O2/c1-14(12)8-9-3-5-10(6-4-9)13-7-11(15)16-2/h9-10,13H,3-8H2,1-2H3. The fourth-order valence-electron chi connectivity index (χ4n) is 2.20. The van der Waals surface area contributed by atoms with Gasteiger partial charge in [-0.1, -0.05) is 0 Å². The van der Waals surface area contributed by atoms with Crippen LogP contribution >= 0.6 is 22.9 Å². The molecule has 0 radical (unpaired) electrons. The second-order valence-electron chi connectivity index (χ2n) is 4.46. The maximum atomic E-state index is 11.0. The van der Waals surface area contributed by atoms with E-state index in [1.807, 2.05) is 0 Å². The van der Waals surface area contributed by atoms with Gasteiger partial charge in [0.05, 0.1) is 13.7 Å². The molecule has 0 amide bonds. The molecule has 1 rings (SSSR count). The Labute approximate surface area is 112 Å². The Bertz CT molecular complexity index is 216. The molecule has 1 N–H and O–H groups in total. The van der Waals surface area contributed by atoms with Crippen LogP contribution < -0.4 is 5.32 Å². The van der Waals surface area contributed by atoms with Crippen molar-refractivity contribution in [2.45, 2.75) is 31.7 Å². The summed E-state index contributed by atoms with van der Waals surface area (Å²) in [5, 5.41) is 3.26. The number of halogens is 1. The molecule has 1 aliphatic carbocycles. The van der Waals surface area contributed by atoms with Crippen LogP contribution in [0.5, 0.6) is 0 Å². The first-order valence-electron chi connectivity index (χ1n) is 5.79. The first-order chi connectivity index (χ1) is 7.61. The molecule has 1 saturated carbocycles. The Hall–Kier alpha value is 0.120. The molecule has 94 valence electrons. The Balaban J connectivity index is 2.14. The third-order valence-corrected chi connectivity index (χ3v) is 3.51. The summed E-state index contributed by atoms with van der Waals surface area (Å²) < 4.78 is 6.83. The SMILES string of the molecule is COC(=O)CNC1CCC(CN(C)I)CC1. The highest BCUT2D eigenvalue weighted by atomic mass is 127. The second kappa shape index (κ2) is 7.45. The van der Waals surface area contributed by atoms with E-state index in [-0.39, 0.29) is 5.97 Å². The minimum Gasteiger partial charge on any atom is -0.468 e. The molecule has 4 nitrogen and oxygen atoms in total. The average molecular weight is 340 g/mol. The molecule has 0 saturated heterocycles. The van der Waals surface area contributed by atoms with Gasteiger partial charge in [0, 0.05) is 35.5 Å². The summed E-state index contributed by atoms with van der Waals surface area (Å²) in [4.78, 5) is 11.0. The van der Waals surface area contributed by atoms with Gasteiger partial charge in [0.15, 0.2) is 0 Å². The third kappa shape index (κ3) is 5.45. The van der Waals surface area contributed by atoms with Gasteiger partial charge in [0.1, 0.15) is 0 Å². The van der Waals surface area contributed by atoms with Gasteiger partial charge < -0.3 is 10.1 Å². The largest absolute Gasteiger partial charge is 0.468 e. The highest BCUT2D eigenvalue weighted by Crippen LogP contribution is 2.25. The lowest BCUT2D eigenvalue weighted by Gasteiger charge is -2.30. The van der Waals surface area contributed by atoms with Crippen molar-refractivity contribution < 1.29 is 9.53 Å². The first-order valence-corrected chi connectivity index (χ1v) is 6.75. The number of hydrogen-bond donors (Lipinski definition) is 1. The van der Waals surface area contributed by atoms with Crippen molar-refractivity contribution in [2.75, 3.05) is 27.2 Å². The van der Waals surface area contributed by atoms with Gasteiger partial charge in [-0.15, -0.1) is 0 Å². The summed E-state index contributed by atoms with van der Waals surface area (Å²) in [5.74, 6) is 0.646. The minimum atomic E-state index is -0.172. The number of hydrogen-bond acceptors (Lipinski definition) is 4. The zero-order valence-corrected chi connectivity index (χ0v) is 12.2. The van der Waals surface area contributed by atoms with Crippen molar-refractivity contribution in [2.24, 2.45) is 5.92 Å². The van der Waals surface area contributed by atoms with E-state index < -0.39 is 0 Å². The summed E-state index contributed by atoms with van der Waals surface area (Å²) in [6, 6.07) is 0.495. The van der Waals surface area contributed by atoms with Crippen LogP contribution in [0.1, 0.15) is 25.7 Å². The lowest BCUT2D eigenvalue weighted by molar-refractivity contribution is -0.139. The molecule has 0 aliphatic heterocycles. The zero-order valence-electron chi connectivity index (χ0n) is 10.0. The van der Waals surface area contributed by atoms with Crippen LogP contribution in [0.2, 0.25) is 0 Å². The fourth-order valence-corrected chi connectivity index (χ4v) is 2.76. The lowest BCUT2D eigenvalue weighted by Crippen LogP contribution is -2.38. The number of rotatable bonds is 5. The molecule has 0 aromatic rings. The van der Waals surface area contributed by atoms with Crippen LogP contribution in [0.3, 0.4) is 0 Å². The molecule has 0 spiro atoms. The Morgan fingerprint density at radius 3 is 2.56 bits per heavy atom. The van der Waals surface area contributed by atoms with Crippen molar-refractivity contribution >= 4 is 28.8 Å². The van der Waals surface area contributed by atoms with Gasteiger partial charge in [0.25, 0.3) is 0 Å². The Morgan fingerprint density at radius 1 is 1.44 bits per heavy atom. The van der Waals surface area contributed by atoms with E-state index in [2.05, 4.69) is 43.1 Å². The van der Waals surface area contributed by atoms with Crippen LogP contribution in [0.15, 0.2) is 0 Å². The predicted octanol–water partition coefficient (Wildman–Crippen LogP) is 1.59.